The van der Waals surface area contributed by atoms with Crippen molar-refractivity contribution < 1.29 is 18.8 Å². The van der Waals surface area contributed by atoms with Crippen LogP contribution in [0.2, 0.25) is 0 Å². The summed E-state index contributed by atoms with van der Waals surface area (Å²) in [6, 6.07) is 0. The van der Waals surface area contributed by atoms with Gasteiger partial charge in [-0.3, -0.25) is 9.59 Å². The molecule has 0 aliphatic heterocycles. The van der Waals surface area contributed by atoms with Crippen LogP contribution in [0.15, 0.2) is 10.8 Å². The average Bonchev–Trinajstić information content (AvgIpc) is 2.61. The SMILES string of the molecule is COC(=O)CCc1nocc1C=O. The molecule has 0 aliphatic carbocycles. The van der Waals surface area contributed by atoms with Crippen molar-refractivity contribution in [2.45, 2.75) is 12.8 Å². The number of aryl methyl sites for hydroxylation is 1. The van der Waals surface area contributed by atoms with Crippen molar-refractivity contribution in [3.05, 3.63) is 17.5 Å². The molecule has 0 bridgehead atoms. The lowest BCUT2D eigenvalue weighted by Gasteiger charge is -1.95. The van der Waals surface area contributed by atoms with Crippen LogP contribution in [0.4, 0.5) is 0 Å². The van der Waals surface area contributed by atoms with Crippen LogP contribution in [0.3, 0.4) is 0 Å². The molecular formula is C8H9NO4. The van der Waals surface area contributed by atoms with Crippen LogP contribution in [0.1, 0.15) is 22.5 Å². The Morgan fingerprint density at radius 2 is 2.54 bits per heavy atom. The van der Waals surface area contributed by atoms with Crippen molar-refractivity contribution in [1.82, 2.24) is 5.16 Å². The summed E-state index contributed by atoms with van der Waals surface area (Å²) in [6.45, 7) is 0. The summed E-state index contributed by atoms with van der Waals surface area (Å²) >= 11 is 0. The van der Waals surface area contributed by atoms with Crippen molar-refractivity contribution in [3.63, 3.8) is 0 Å². The molecule has 0 fully saturated rings. The van der Waals surface area contributed by atoms with E-state index in [1.165, 1.54) is 13.4 Å². The van der Waals surface area contributed by atoms with Crippen molar-refractivity contribution in [1.29, 1.82) is 0 Å². The largest absolute Gasteiger partial charge is 0.469 e. The molecule has 1 aromatic heterocycles. The third kappa shape index (κ3) is 2.40. The van der Waals surface area contributed by atoms with Gasteiger partial charge in [0, 0.05) is 6.42 Å². The summed E-state index contributed by atoms with van der Waals surface area (Å²) in [7, 11) is 1.31. The van der Waals surface area contributed by atoms with E-state index in [0.717, 1.165) is 0 Å². The minimum absolute atomic E-state index is 0.198. The molecule has 1 rings (SSSR count). The Labute approximate surface area is 74.7 Å². The monoisotopic (exact) mass is 183 g/mol. The van der Waals surface area contributed by atoms with Gasteiger partial charge in [-0.2, -0.15) is 0 Å². The van der Waals surface area contributed by atoms with Crippen molar-refractivity contribution in [2.75, 3.05) is 7.11 Å². The van der Waals surface area contributed by atoms with Gasteiger partial charge in [0.05, 0.1) is 24.8 Å². The maximum absolute atomic E-state index is 10.7. The number of carbonyl (C=O) groups excluding carboxylic acids is 2. The summed E-state index contributed by atoms with van der Waals surface area (Å²) in [6.07, 6.45) is 2.45. The molecule has 0 aromatic carbocycles. The second kappa shape index (κ2) is 4.39. The Morgan fingerprint density at radius 1 is 1.77 bits per heavy atom. The van der Waals surface area contributed by atoms with Crippen LogP contribution in [0.5, 0.6) is 0 Å². The van der Waals surface area contributed by atoms with Crippen molar-refractivity contribution in [3.8, 4) is 0 Å². The molecule has 5 nitrogen and oxygen atoms in total. The van der Waals surface area contributed by atoms with E-state index in [1.54, 1.807) is 0 Å². The summed E-state index contributed by atoms with van der Waals surface area (Å²) in [5.74, 6) is -0.333. The number of aldehydes is 1. The number of hydrogen-bond donors (Lipinski definition) is 0. The van der Waals surface area contributed by atoms with E-state index in [0.29, 0.717) is 24.0 Å². The molecule has 1 aromatic rings. The Balaban J connectivity index is 2.53. The fraction of sp³-hybridized carbons (Fsp3) is 0.375. The number of esters is 1. The zero-order valence-electron chi connectivity index (χ0n) is 7.15. The van der Waals surface area contributed by atoms with Gasteiger partial charge in [-0.05, 0) is 0 Å². The first-order chi connectivity index (χ1) is 6.27. The number of aromatic nitrogens is 1. The first kappa shape index (κ1) is 9.44. The number of nitrogens with zero attached hydrogens (tertiary/aromatic N) is 1. The van der Waals surface area contributed by atoms with E-state index in [2.05, 4.69) is 14.4 Å². The molecule has 13 heavy (non-hydrogen) atoms. The van der Waals surface area contributed by atoms with Crippen LogP contribution in [0, 0.1) is 0 Å². The Bertz CT molecular complexity index is 305. The van der Waals surface area contributed by atoms with Crippen LogP contribution in [0.25, 0.3) is 0 Å². The Hall–Kier alpha value is -1.65. The number of methoxy groups -OCH3 is 1. The molecule has 0 saturated heterocycles. The standard InChI is InChI=1S/C8H9NO4/c1-12-8(11)3-2-7-6(4-10)5-13-9-7/h4-5H,2-3H2,1H3. The first-order valence-corrected chi connectivity index (χ1v) is 3.73. The van der Waals surface area contributed by atoms with E-state index in [9.17, 15) is 9.59 Å². The lowest BCUT2D eigenvalue weighted by molar-refractivity contribution is -0.140. The summed E-state index contributed by atoms with van der Waals surface area (Å²) in [5.41, 5.74) is 0.865. The third-order valence-electron chi connectivity index (χ3n) is 1.60. The highest BCUT2D eigenvalue weighted by atomic mass is 16.5. The van der Waals surface area contributed by atoms with Crippen LogP contribution < -0.4 is 0 Å². The third-order valence-corrected chi connectivity index (χ3v) is 1.60. The topological polar surface area (TPSA) is 69.4 Å². The number of hydrogen-bond acceptors (Lipinski definition) is 5. The number of rotatable bonds is 4. The number of ether oxygens (including phenoxy) is 1. The van der Waals surface area contributed by atoms with Gasteiger partial charge in [-0.15, -0.1) is 0 Å². The molecule has 70 valence electrons. The fourth-order valence-electron chi connectivity index (χ4n) is 0.876. The molecule has 0 amide bonds. The van der Waals surface area contributed by atoms with Gasteiger partial charge in [0.2, 0.25) is 0 Å². The minimum Gasteiger partial charge on any atom is -0.469 e. The smallest absolute Gasteiger partial charge is 0.305 e. The molecule has 0 atom stereocenters. The molecule has 0 radical (unpaired) electrons. The molecular weight excluding hydrogens is 174 g/mol. The van der Waals surface area contributed by atoms with E-state index in [-0.39, 0.29) is 12.4 Å². The summed E-state index contributed by atoms with van der Waals surface area (Å²) in [5, 5.41) is 3.58. The van der Waals surface area contributed by atoms with Gasteiger partial charge in [0.15, 0.2) is 6.29 Å². The highest BCUT2D eigenvalue weighted by Crippen LogP contribution is 2.06. The molecule has 0 unspecified atom stereocenters. The second-order valence-corrected chi connectivity index (χ2v) is 2.41. The van der Waals surface area contributed by atoms with Crippen LogP contribution in [-0.2, 0) is 16.0 Å². The lowest BCUT2D eigenvalue weighted by atomic mass is 10.2. The van der Waals surface area contributed by atoms with E-state index < -0.39 is 0 Å². The van der Waals surface area contributed by atoms with Crippen LogP contribution in [-0.4, -0.2) is 24.5 Å². The Kier molecular flexibility index (Phi) is 3.19. The predicted molar refractivity (Wildman–Crippen MR) is 42.2 cm³/mol. The molecule has 1 heterocycles. The average molecular weight is 183 g/mol. The second-order valence-electron chi connectivity index (χ2n) is 2.41. The first-order valence-electron chi connectivity index (χ1n) is 3.73. The maximum atomic E-state index is 10.7. The number of carbonyl (C=O) groups is 2. The summed E-state index contributed by atoms with van der Waals surface area (Å²) in [4.78, 5) is 21.1. The van der Waals surface area contributed by atoms with E-state index >= 15 is 0 Å². The zero-order valence-corrected chi connectivity index (χ0v) is 7.15. The lowest BCUT2D eigenvalue weighted by Crippen LogP contribution is -2.03. The van der Waals surface area contributed by atoms with Crippen molar-refractivity contribution in [2.24, 2.45) is 0 Å². The van der Waals surface area contributed by atoms with Gasteiger partial charge >= 0.3 is 5.97 Å². The molecule has 0 N–H and O–H groups in total. The quantitative estimate of drug-likeness (QED) is 0.504. The van der Waals surface area contributed by atoms with Gasteiger partial charge in [-0.1, -0.05) is 5.16 Å². The zero-order chi connectivity index (χ0) is 9.68. The highest BCUT2D eigenvalue weighted by molar-refractivity contribution is 5.76. The molecule has 5 heteroatoms. The maximum Gasteiger partial charge on any atom is 0.305 e. The minimum atomic E-state index is -0.333. The summed E-state index contributed by atoms with van der Waals surface area (Å²) < 4.78 is 9.01. The van der Waals surface area contributed by atoms with Gasteiger partial charge < -0.3 is 9.26 Å². The van der Waals surface area contributed by atoms with Gasteiger partial charge in [0.1, 0.15) is 6.26 Å². The van der Waals surface area contributed by atoms with Crippen molar-refractivity contribution >= 4 is 12.3 Å². The normalized spacial score (nSPS) is 9.62. The fourth-order valence-corrected chi connectivity index (χ4v) is 0.876. The van der Waals surface area contributed by atoms with Gasteiger partial charge in [-0.25, -0.2) is 0 Å². The van der Waals surface area contributed by atoms with E-state index in [4.69, 9.17) is 0 Å². The molecule has 0 spiro atoms. The molecule has 0 aliphatic rings. The van der Waals surface area contributed by atoms with Crippen LogP contribution >= 0.6 is 0 Å². The van der Waals surface area contributed by atoms with Gasteiger partial charge in [0.25, 0.3) is 0 Å². The highest BCUT2D eigenvalue weighted by Gasteiger charge is 2.09. The molecule has 0 saturated carbocycles. The predicted octanol–water partition coefficient (Wildman–Crippen LogP) is 0.593. The Morgan fingerprint density at radius 3 is 3.15 bits per heavy atom. The van der Waals surface area contributed by atoms with E-state index in [1.807, 2.05) is 0 Å².